The van der Waals surface area contributed by atoms with Crippen molar-refractivity contribution in [2.24, 2.45) is 16.7 Å². The number of fused-ring (bicyclic) bond motifs is 2. The van der Waals surface area contributed by atoms with Crippen LogP contribution in [0.2, 0.25) is 0 Å². The van der Waals surface area contributed by atoms with Crippen molar-refractivity contribution in [2.75, 3.05) is 5.33 Å². The van der Waals surface area contributed by atoms with Crippen LogP contribution in [0.3, 0.4) is 0 Å². The minimum absolute atomic E-state index is 0.0488. The van der Waals surface area contributed by atoms with Gasteiger partial charge in [0, 0.05) is 5.33 Å². The first-order chi connectivity index (χ1) is 6.82. The molecule has 1 N–H and O–H groups in total. The predicted octanol–water partition coefficient (Wildman–Crippen LogP) is 3.43. The van der Waals surface area contributed by atoms with Gasteiger partial charge in [-0.25, -0.2) is 0 Å². The van der Waals surface area contributed by atoms with Crippen LogP contribution in [-0.4, -0.2) is 20.7 Å². The summed E-state index contributed by atoms with van der Waals surface area (Å²) in [7, 11) is 0. The normalized spacial score (nSPS) is 47.1. The Morgan fingerprint density at radius 3 is 2.53 bits per heavy atom. The largest absolute Gasteiger partial charge is 0.481 e. The number of carboxylic acid groups (broad SMARTS) is 1. The maximum atomic E-state index is 11.6. The Labute approximate surface area is 107 Å². The maximum Gasteiger partial charge on any atom is 0.311 e. The fourth-order valence-electron chi connectivity index (χ4n) is 3.63. The van der Waals surface area contributed by atoms with Gasteiger partial charge >= 0.3 is 5.97 Å². The van der Waals surface area contributed by atoms with Crippen LogP contribution in [0.4, 0.5) is 0 Å². The lowest BCUT2D eigenvalue weighted by Crippen LogP contribution is -2.55. The first-order valence-corrected chi connectivity index (χ1v) is 7.21. The van der Waals surface area contributed by atoms with Crippen LogP contribution in [0, 0.1) is 16.7 Å². The molecule has 86 valence electrons. The van der Waals surface area contributed by atoms with Crippen molar-refractivity contribution in [3.05, 3.63) is 0 Å². The quantitative estimate of drug-likeness (QED) is 0.782. The van der Waals surface area contributed by atoms with Gasteiger partial charge in [0.05, 0.1) is 9.74 Å². The lowest BCUT2D eigenvalue weighted by atomic mass is 9.64. The van der Waals surface area contributed by atoms with E-state index in [9.17, 15) is 9.90 Å². The number of alkyl halides is 2. The standard InChI is InChI=1S/C11H16Br2O2/c1-9(2)7-3-4-10(5-7,8(14)15)11(9,13)6-12/h7H,3-6H2,1-2H3,(H,14,15)/t7-,10+,11+/m0/s1. The lowest BCUT2D eigenvalue weighted by molar-refractivity contribution is -0.150. The summed E-state index contributed by atoms with van der Waals surface area (Å²) in [5, 5.41) is 10.2. The van der Waals surface area contributed by atoms with E-state index in [2.05, 4.69) is 45.7 Å². The number of carbonyl (C=O) groups is 1. The Kier molecular flexibility index (Phi) is 2.56. The van der Waals surface area contributed by atoms with Crippen molar-refractivity contribution in [2.45, 2.75) is 37.4 Å². The summed E-state index contributed by atoms with van der Waals surface area (Å²) in [6, 6.07) is 0. The summed E-state index contributed by atoms with van der Waals surface area (Å²) in [4.78, 5) is 11.6. The highest BCUT2D eigenvalue weighted by Gasteiger charge is 2.72. The summed E-state index contributed by atoms with van der Waals surface area (Å²) in [5.74, 6) is -0.0996. The van der Waals surface area contributed by atoms with E-state index in [0.717, 1.165) is 19.3 Å². The second kappa shape index (κ2) is 3.22. The molecule has 15 heavy (non-hydrogen) atoms. The van der Waals surface area contributed by atoms with E-state index in [1.165, 1.54) is 0 Å². The van der Waals surface area contributed by atoms with E-state index < -0.39 is 11.4 Å². The van der Waals surface area contributed by atoms with Gasteiger partial charge in [-0.2, -0.15) is 0 Å². The number of aliphatic carboxylic acids is 1. The van der Waals surface area contributed by atoms with E-state index in [-0.39, 0.29) is 9.74 Å². The van der Waals surface area contributed by atoms with Gasteiger partial charge in [-0.15, -0.1) is 0 Å². The van der Waals surface area contributed by atoms with E-state index >= 15 is 0 Å². The molecule has 4 heteroatoms. The van der Waals surface area contributed by atoms with Crippen molar-refractivity contribution in [1.29, 1.82) is 0 Å². The van der Waals surface area contributed by atoms with Gasteiger partial charge in [-0.05, 0) is 30.6 Å². The van der Waals surface area contributed by atoms with Crippen LogP contribution in [-0.2, 0) is 4.79 Å². The van der Waals surface area contributed by atoms with Crippen LogP contribution in [0.15, 0.2) is 0 Å². The Bertz CT molecular complexity index is 316. The third-order valence-corrected chi connectivity index (χ3v) is 8.56. The number of hydrogen-bond donors (Lipinski definition) is 1. The van der Waals surface area contributed by atoms with E-state index in [4.69, 9.17) is 0 Å². The molecule has 0 heterocycles. The Balaban J connectivity index is 2.54. The summed E-state index contributed by atoms with van der Waals surface area (Å²) >= 11 is 7.26. The van der Waals surface area contributed by atoms with Gasteiger partial charge in [0.1, 0.15) is 0 Å². The molecule has 2 bridgehead atoms. The average molecular weight is 340 g/mol. The highest BCUT2D eigenvalue weighted by Crippen LogP contribution is 2.71. The molecular weight excluding hydrogens is 324 g/mol. The van der Waals surface area contributed by atoms with Crippen molar-refractivity contribution in [3.8, 4) is 0 Å². The SMILES string of the molecule is CC1(C)[C@H]2CC[C@](C(=O)O)(C2)[C@@]1(Br)CBr. The molecule has 0 amide bonds. The Hall–Kier alpha value is 0.430. The minimum Gasteiger partial charge on any atom is -0.481 e. The number of carboxylic acids is 1. The van der Waals surface area contributed by atoms with Crippen molar-refractivity contribution < 1.29 is 9.90 Å². The number of rotatable bonds is 2. The van der Waals surface area contributed by atoms with Gasteiger partial charge in [-0.1, -0.05) is 45.7 Å². The van der Waals surface area contributed by atoms with E-state index in [0.29, 0.717) is 11.2 Å². The molecule has 0 saturated heterocycles. The van der Waals surface area contributed by atoms with Gasteiger partial charge in [0.15, 0.2) is 0 Å². The summed E-state index contributed by atoms with van der Waals surface area (Å²) in [6.45, 7) is 4.38. The molecule has 2 nitrogen and oxygen atoms in total. The second-order valence-corrected chi connectivity index (χ2v) is 7.40. The fourth-order valence-corrected chi connectivity index (χ4v) is 5.74. The maximum absolute atomic E-state index is 11.6. The van der Waals surface area contributed by atoms with Gasteiger partial charge in [0.2, 0.25) is 0 Å². The Morgan fingerprint density at radius 1 is 1.53 bits per heavy atom. The molecule has 2 fully saturated rings. The van der Waals surface area contributed by atoms with Crippen LogP contribution < -0.4 is 0 Å². The molecule has 2 rings (SSSR count). The summed E-state index contributed by atoms with van der Waals surface area (Å²) in [6.07, 6.45) is 2.69. The molecule has 0 aromatic carbocycles. The van der Waals surface area contributed by atoms with Crippen molar-refractivity contribution in [3.63, 3.8) is 0 Å². The summed E-state index contributed by atoms with van der Waals surface area (Å²) < 4.78 is -0.304. The average Bonchev–Trinajstić information content (AvgIpc) is 2.67. The molecule has 2 aliphatic carbocycles. The van der Waals surface area contributed by atoms with Gasteiger partial charge < -0.3 is 5.11 Å². The van der Waals surface area contributed by atoms with Crippen LogP contribution in [0.25, 0.3) is 0 Å². The van der Waals surface area contributed by atoms with Crippen LogP contribution in [0.1, 0.15) is 33.1 Å². The molecule has 0 aliphatic heterocycles. The molecule has 0 aromatic heterocycles. The minimum atomic E-state index is -0.633. The molecule has 0 radical (unpaired) electrons. The van der Waals surface area contributed by atoms with E-state index in [1.54, 1.807) is 0 Å². The third kappa shape index (κ3) is 1.13. The summed E-state index contributed by atoms with van der Waals surface area (Å²) in [5.41, 5.74) is -0.516. The molecule has 3 atom stereocenters. The topological polar surface area (TPSA) is 37.3 Å². The first-order valence-electron chi connectivity index (χ1n) is 5.30. The first kappa shape index (κ1) is 11.9. The second-order valence-electron chi connectivity index (χ2n) is 5.48. The fraction of sp³-hybridized carbons (Fsp3) is 0.909. The molecule has 0 spiro atoms. The lowest BCUT2D eigenvalue weighted by Gasteiger charge is -2.49. The smallest absolute Gasteiger partial charge is 0.311 e. The molecule has 2 saturated carbocycles. The highest BCUT2D eigenvalue weighted by molar-refractivity contribution is 9.12. The zero-order valence-electron chi connectivity index (χ0n) is 9.02. The number of halogens is 2. The number of hydrogen-bond acceptors (Lipinski definition) is 1. The third-order valence-electron chi connectivity index (χ3n) is 4.91. The highest BCUT2D eigenvalue weighted by atomic mass is 79.9. The van der Waals surface area contributed by atoms with E-state index in [1.807, 2.05) is 0 Å². The zero-order chi connectivity index (χ0) is 11.5. The molecule has 2 aliphatic rings. The zero-order valence-corrected chi connectivity index (χ0v) is 12.2. The predicted molar refractivity (Wildman–Crippen MR) is 66.6 cm³/mol. The molecule has 0 unspecified atom stereocenters. The van der Waals surface area contributed by atoms with Crippen molar-refractivity contribution in [1.82, 2.24) is 0 Å². The van der Waals surface area contributed by atoms with Gasteiger partial charge in [-0.3, -0.25) is 4.79 Å². The molecule has 0 aromatic rings. The van der Waals surface area contributed by atoms with Crippen molar-refractivity contribution >= 4 is 37.8 Å². The van der Waals surface area contributed by atoms with Gasteiger partial charge in [0.25, 0.3) is 0 Å². The van der Waals surface area contributed by atoms with Crippen LogP contribution in [0.5, 0.6) is 0 Å². The molecular formula is C11H16Br2O2. The van der Waals surface area contributed by atoms with Crippen LogP contribution >= 0.6 is 31.9 Å². The monoisotopic (exact) mass is 338 g/mol. The Morgan fingerprint density at radius 2 is 2.13 bits per heavy atom.